The molecule has 1 saturated heterocycles. The van der Waals surface area contributed by atoms with Crippen molar-refractivity contribution in [2.24, 2.45) is 0 Å². The molecule has 1 fully saturated rings. The van der Waals surface area contributed by atoms with E-state index in [0.717, 1.165) is 4.90 Å². The molecule has 0 aliphatic carbocycles. The Labute approximate surface area is 127 Å². The second kappa shape index (κ2) is 5.55. The summed E-state index contributed by atoms with van der Waals surface area (Å²) in [6.45, 7) is 2.04. The summed E-state index contributed by atoms with van der Waals surface area (Å²) in [6.07, 6.45) is 1.47. The van der Waals surface area contributed by atoms with Gasteiger partial charge >= 0.3 is 6.03 Å². The van der Waals surface area contributed by atoms with E-state index < -0.39 is 11.6 Å². The number of rotatable bonds is 5. The number of carbonyl (C=O) groups is 2. The van der Waals surface area contributed by atoms with Gasteiger partial charge in [-0.15, -0.1) is 0 Å². The Balaban J connectivity index is 1.65. The number of amides is 3. The second-order valence-corrected chi connectivity index (χ2v) is 5.15. The highest BCUT2D eigenvalue weighted by atomic mass is 16.5. The number of furan rings is 1. The van der Waals surface area contributed by atoms with Crippen LogP contribution in [0.3, 0.4) is 0 Å². The van der Waals surface area contributed by atoms with Crippen LogP contribution in [0.15, 0.2) is 53.1 Å². The molecule has 6 heteroatoms. The van der Waals surface area contributed by atoms with Gasteiger partial charge in [-0.1, -0.05) is 18.2 Å². The Morgan fingerprint density at radius 2 is 1.95 bits per heavy atom. The van der Waals surface area contributed by atoms with Crippen molar-refractivity contribution in [3.8, 4) is 5.75 Å². The van der Waals surface area contributed by atoms with E-state index >= 15 is 0 Å². The van der Waals surface area contributed by atoms with Crippen LogP contribution in [0.1, 0.15) is 12.7 Å². The van der Waals surface area contributed by atoms with Crippen LogP contribution in [0.4, 0.5) is 4.79 Å². The molecule has 1 atom stereocenters. The fourth-order valence-corrected chi connectivity index (χ4v) is 2.40. The average molecular weight is 300 g/mol. The van der Waals surface area contributed by atoms with E-state index in [4.69, 9.17) is 9.15 Å². The molecule has 2 heterocycles. The third kappa shape index (κ3) is 2.43. The molecule has 0 saturated carbocycles. The standard InChI is InChI=1S/C16H16N2O4/c1-16(13-8-5-10-22-13)14(19)18(15(20)17-16)9-11-21-12-6-3-2-4-7-12/h2-8,10H,9,11H2,1H3,(H,17,20)/t16-/m0/s1. The summed E-state index contributed by atoms with van der Waals surface area (Å²) in [5.41, 5.74) is -1.16. The number of urea groups is 1. The lowest BCUT2D eigenvalue weighted by molar-refractivity contribution is -0.131. The number of hydrogen-bond acceptors (Lipinski definition) is 4. The maximum Gasteiger partial charge on any atom is 0.325 e. The second-order valence-electron chi connectivity index (χ2n) is 5.15. The lowest BCUT2D eigenvalue weighted by Crippen LogP contribution is -2.41. The van der Waals surface area contributed by atoms with E-state index in [2.05, 4.69) is 5.32 Å². The van der Waals surface area contributed by atoms with E-state index in [1.165, 1.54) is 6.26 Å². The first-order valence-electron chi connectivity index (χ1n) is 6.97. The minimum absolute atomic E-state index is 0.176. The van der Waals surface area contributed by atoms with E-state index in [-0.39, 0.29) is 19.1 Å². The van der Waals surface area contributed by atoms with Crippen molar-refractivity contribution in [3.63, 3.8) is 0 Å². The summed E-state index contributed by atoms with van der Waals surface area (Å²) in [5.74, 6) is 0.768. The Morgan fingerprint density at radius 3 is 2.64 bits per heavy atom. The van der Waals surface area contributed by atoms with Gasteiger partial charge < -0.3 is 14.5 Å². The van der Waals surface area contributed by atoms with E-state index in [1.807, 2.05) is 30.3 Å². The smallest absolute Gasteiger partial charge is 0.325 e. The Hall–Kier alpha value is -2.76. The fourth-order valence-electron chi connectivity index (χ4n) is 2.40. The summed E-state index contributed by atoms with van der Waals surface area (Å²) in [7, 11) is 0. The topological polar surface area (TPSA) is 71.8 Å². The van der Waals surface area contributed by atoms with E-state index in [9.17, 15) is 9.59 Å². The van der Waals surface area contributed by atoms with Crippen LogP contribution in [0.25, 0.3) is 0 Å². The van der Waals surface area contributed by atoms with Gasteiger partial charge in [-0.3, -0.25) is 9.69 Å². The van der Waals surface area contributed by atoms with Gasteiger partial charge in [0.25, 0.3) is 5.91 Å². The van der Waals surface area contributed by atoms with Gasteiger partial charge in [-0.2, -0.15) is 0 Å². The number of hydrogen-bond donors (Lipinski definition) is 1. The zero-order valence-corrected chi connectivity index (χ0v) is 12.1. The van der Waals surface area contributed by atoms with Crippen LogP contribution in [-0.4, -0.2) is 30.0 Å². The lowest BCUT2D eigenvalue weighted by Gasteiger charge is -2.19. The molecule has 22 heavy (non-hydrogen) atoms. The molecular formula is C16H16N2O4. The molecule has 1 N–H and O–H groups in total. The van der Waals surface area contributed by atoms with Crippen molar-refractivity contribution in [1.29, 1.82) is 0 Å². The zero-order valence-electron chi connectivity index (χ0n) is 12.1. The van der Waals surface area contributed by atoms with Crippen molar-refractivity contribution >= 4 is 11.9 Å². The molecule has 0 spiro atoms. The van der Waals surface area contributed by atoms with Crippen molar-refractivity contribution in [1.82, 2.24) is 10.2 Å². The van der Waals surface area contributed by atoms with Crippen molar-refractivity contribution in [2.75, 3.05) is 13.2 Å². The van der Waals surface area contributed by atoms with Gasteiger partial charge in [-0.05, 0) is 31.2 Å². The van der Waals surface area contributed by atoms with Crippen LogP contribution in [0.2, 0.25) is 0 Å². The van der Waals surface area contributed by atoms with Crippen LogP contribution in [0.5, 0.6) is 5.75 Å². The SMILES string of the molecule is C[C@@]1(c2ccco2)NC(=O)N(CCOc2ccccc2)C1=O. The predicted octanol–water partition coefficient (Wildman–Crippen LogP) is 2.13. The third-order valence-electron chi connectivity index (χ3n) is 3.62. The summed E-state index contributed by atoms with van der Waals surface area (Å²) in [4.78, 5) is 25.7. The number of para-hydroxylation sites is 1. The first-order valence-corrected chi connectivity index (χ1v) is 6.97. The maximum absolute atomic E-state index is 12.5. The highest BCUT2D eigenvalue weighted by molar-refractivity contribution is 6.06. The first kappa shape index (κ1) is 14.2. The normalized spacial score (nSPS) is 21.0. The third-order valence-corrected chi connectivity index (χ3v) is 3.62. The molecule has 3 rings (SSSR count). The number of carbonyl (C=O) groups excluding carboxylic acids is 2. The number of imide groups is 1. The van der Waals surface area contributed by atoms with Gasteiger partial charge in [0, 0.05) is 0 Å². The highest BCUT2D eigenvalue weighted by Gasteiger charge is 2.50. The van der Waals surface area contributed by atoms with Crippen LogP contribution in [-0.2, 0) is 10.3 Å². The number of benzene rings is 1. The molecule has 1 aromatic heterocycles. The van der Waals surface area contributed by atoms with Gasteiger partial charge in [-0.25, -0.2) is 4.79 Å². The van der Waals surface area contributed by atoms with Gasteiger partial charge in [0.2, 0.25) is 0 Å². The van der Waals surface area contributed by atoms with Crippen molar-refractivity contribution < 1.29 is 18.7 Å². The number of nitrogens with one attached hydrogen (secondary N) is 1. The minimum Gasteiger partial charge on any atom is -0.492 e. The molecule has 0 radical (unpaired) electrons. The Kier molecular flexibility index (Phi) is 3.58. The molecule has 2 aromatic rings. The minimum atomic E-state index is -1.16. The summed E-state index contributed by atoms with van der Waals surface area (Å²) < 4.78 is 10.8. The molecule has 3 amide bonds. The monoisotopic (exact) mass is 300 g/mol. The molecule has 6 nitrogen and oxygen atoms in total. The van der Waals surface area contributed by atoms with Crippen LogP contribution < -0.4 is 10.1 Å². The zero-order chi connectivity index (χ0) is 15.6. The molecule has 0 unspecified atom stereocenters. The summed E-state index contributed by atoms with van der Waals surface area (Å²) in [5, 5.41) is 2.67. The fraction of sp³-hybridized carbons (Fsp3) is 0.250. The van der Waals surface area contributed by atoms with Crippen LogP contribution >= 0.6 is 0 Å². The quantitative estimate of drug-likeness (QED) is 0.859. The number of ether oxygens (including phenoxy) is 1. The summed E-state index contributed by atoms with van der Waals surface area (Å²) >= 11 is 0. The van der Waals surface area contributed by atoms with Crippen molar-refractivity contribution in [2.45, 2.75) is 12.5 Å². The van der Waals surface area contributed by atoms with Gasteiger partial charge in [0.15, 0.2) is 5.54 Å². The first-order chi connectivity index (χ1) is 10.6. The van der Waals surface area contributed by atoms with Gasteiger partial charge in [0.05, 0.1) is 12.8 Å². The molecule has 1 aliphatic rings. The largest absolute Gasteiger partial charge is 0.492 e. The van der Waals surface area contributed by atoms with E-state index in [0.29, 0.717) is 11.5 Å². The van der Waals surface area contributed by atoms with Crippen molar-refractivity contribution in [3.05, 3.63) is 54.5 Å². The Bertz CT molecular complexity index is 669. The Morgan fingerprint density at radius 1 is 1.18 bits per heavy atom. The van der Waals surface area contributed by atoms with Gasteiger partial charge in [0.1, 0.15) is 18.1 Å². The maximum atomic E-state index is 12.5. The molecule has 0 bridgehead atoms. The molecular weight excluding hydrogens is 284 g/mol. The molecule has 1 aliphatic heterocycles. The highest BCUT2D eigenvalue weighted by Crippen LogP contribution is 2.28. The summed E-state index contributed by atoms with van der Waals surface area (Å²) in [6, 6.07) is 12.1. The average Bonchev–Trinajstić information content (AvgIpc) is 3.12. The predicted molar refractivity (Wildman–Crippen MR) is 78.2 cm³/mol. The van der Waals surface area contributed by atoms with E-state index in [1.54, 1.807) is 19.1 Å². The lowest BCUT2D eigenvalue weighted by atomic mass is 9.99. The molecule has 1 aromatic carbocycles. The molecule has 114 valence electrons. The number of nitrogens with zero attached hydrogens (tertiary/aromatic N) is 1. The van der Waals surface area contributed by atoms with Crippen LogP contribution in [0, 0.1) is 0 Å².